The number of ether oxygens (including phenoxy) is 2. The van der Waals surface area contributed by atoms with Gasteiger partial charge in [0.2, 0.25) is 0 Å². The van der Waals surface area contributed by atoms with Gasteiger partial charge in [0.1, 0.15) is 6.61 Å². The minimum atomic E-state index is -0.449. The molecule has 0 fully saturated rings. The molecule has 1 aromatic carbocycles. The molecule has 1 N–H and O–H groups in total. The number of aryl methyl sites for hydroxylation is 1. The molecule has 0 heterocycles. The molecule has 5 heteroatoms. The van der Waals surface area contributed by atoms with Gasteiger partial charge in [-0.05, 0) is 24.1 Å². The molecule has 4 nitrogen and oxygen atoms in total. The SMILES string of the molecule is CCc1cccc(NC(=O)OCCOCI)c1. The number of amides is 1. The number of alkyl halides is 1. The molecule has 94 valence electrons. The average Bonchev–Trinajstić information content (AvgIpc) is 2.35. The second-order valence-corrected chi connectivity index (χ2v) is 3.96. The summed E-state index contributed by atoms with van der Waals surface area (Å²) < 4.78 is 10.6. The molecule has 1 aromatic rings. The number of anilines is 1. The lowest BCUT2D eigenvalue weighted by Crippen LogP contribution is -2.16. The number of carbonyl (C=O) groups excluding carboxylic acids is 1. The van der Waals surface area contributed by atoms with Crippen molar-refractivity contribution >= 4 is 34.4 Å². The van der Waals surface area contributed by atoms with E-state index in [-0.39, 0.29) is 6.61 Å². The maximum Gasteiger partial charge on any atom is 0.411 e. The summed E-state index contributed by atoms with van der Waals surface area (Å²) in [7, 11) is 0. The van der Waals surface area contributed by atoms with Crippen LogP contribution in [0.2, 0.25) is 0 Å². The van der Waals surface area contributed by atoms with E-state index in [1.165, 1.54) is 5.56 Å². The van der Waals surface area contributed by atoms with E-state index in [2.05, 4.69) is 34.8 Å². The predicted molar refractivity (Wildman–Crippen MR) is 75.6 cm³/mol. The van der Waals surface area contributed by atoms with Gasteiger partial charge in [0.05, 0.1) is 11.2 Å². The van der Waals surface area contributed by atoms with Crippen molar-refractivity contribution < 1.29 is 14.3 Å². The number of carbonyl (C=O) groups is 1. The van der Waals surface area contributed by atoms with Crippen LogP contribution in [0.5, 0.6) is 0 Å². The van der Waals surface area contributed by atoms with E-state index in [0.717, 1.165) is 12.1 Å². The molecule has 17 heavy (non-hydrogen) atoms. The van der Waals surface area contributed by atoms with Crippen LogP contribution < -0.4 is 5.32 Å². The van der Waals surface area contributed by atoms with Gasteiger partial charge in [-0.25, -0.2) is 4.79 Å². The Balaban J connectivity index is 2.34. The van der Waals surface area contributed by atoms with Crippen molar-refractivity contribution in [1.82, 2.24) is 0 Å². The summed E-state index contributed by atoms with van der Waals surface area (Å²) in [5, 5.41) is 2.67. The Hall–Kier alpha value is -0.820. The van der Waals surface area contributed by atoms with Crippen LogP contribution >= 0.6 is 22.6 Å². The normalized spacial score (nSPS) is 10.0. The standard InChI is InChI=1S/C12H16INO3/c1-2-10-4-3-5-11(8-10)14-12(15)17-7-6-16-9-13/h3-5,8H,2,6-7,9H2,1H3,(H,14,15). The number of hydrogen-bond donors (Lipinski definition) is 1. The van der Waals surface area contributed by atoms with Gasteiger partial charge in [-0.1, -0.05) is 41.6 Å². The van der Waals surface area contributed by atoms with Crippen LogP contribution in [0.25, 0.3) is 0 Å². The third-order valence-electron chi connectivity index (χ3n) is 2.12. The van der Waals surface area contributed by atoms with Crippen molar-refractivity contribution in [3.05, 3.63) is 29.8 Å². The largest absolute Gasteiger partial charge is 0.447 e. The van der Waals surface area contributed by atoms with Crippen molar-refractivity contribution in [3.63, 3.8) is 0 Å². The molecule has 0 spiro atoms. The molecule has 1 amide bonds. The molecule has 0 aliphatic rings. The van der Waals surface area contributed by atoms with Crippen molar-refractivity contribution in [1.29, 1.82) is 0 Å². The quantitative estimate of drug-likeness (QED) is 0.487. The molecule has 0 saturated carbocycles. The Labute approximate surface area is 115 Å². The smallest absolute Gasteiger partial charge is 0.411 e. The van der Waals surface area contributed by atoms with Crippen LogP contribution in [0.3, 0.4) is 0 Å². The summed E-state index contributed by atoms with van der Waals surface area (Å²) in [4.78, 5) is 11.4. The summed E-state index contributed by atoms with van der Waals surface area (Å²) in [6.45, 7) is 2.76. The lowest BCUT2D eigenvalue weighted by molar-refractivity contribution is 0.104. The van der Waals surface area contributed by atoms with E-state index in [9.17, 15) is 4.79 Å². The number of nitrogens with one attached hydrogen (secondary N) is 1. The first-order valence-corrected chi connectivity index (χ1v) is 6.95. The zero-order chi connectivity index (χ0) is 12.5. The minimum Gasteiger partial charge on any atom is -0.447 e. The molecule has 0 unspecified atom stereocenters. The van der Waals surface area contributed by atoms with Crippen molar-refractivity contribution in [3.8, 4) is 0 Å². The Bertz CT molecular complexity index is 357. The monoisotopic (exact) mass is 349 g/mol. The fraction of sp³-hybridized carbons (Fsp3) is 0.417. The van der Waals surface area contributed by atoms with Gasteiger partial charge in [0, 0.05) is 5.69 Å². The Morgan fingerprint density at radius 2 is 2.24 bits per heavy atom. The van der Waals surface area contributed by atoms with Crippen molar-refractivity contribution in [2.24, 2.45) is 0 Å². The third kappa shape index (κ3) is 5.88. The van der Waals surface area contributed by atoms with Crippen LogP contribution in [-0.4, -0.2) is 23.9 Å². The van der Waals surface area contributed by atoms with E-state index in [4.69, 9.17) is 9.47 Å². The van der Waals surface area contributed by atoms with Crippen LogP contribution in [0.1, 0.15) is 12.5 Å². The fourth-order valence-electron chi connectivity index (χ4n) is 1.27. The van der Waals surface area contributed by atoms with Gasteiger partial charge in [-0.15, -0.1) is 0 Å². The Morgan fingerprint density at radius 3 is 2.94 bits per heavy atom. The Morgan fingerprint density at radius 1 is 1.41 bits per heavy atom. The number of halogens is 1. The highest BCUT2D eigenvalue weighted by atomic mass is 127. The molecular formula is C12H16INO3. The molecule has 1 rings (SSSR count). The summed E-state index contributed by atoms with van der Waals surface area (Å²) in [5.74, 6) is 0. The van der Waals surface area contributed by atoms with E-state index in [0.29, 0.717) is 11.2 Å². The first-order chi connectivity index (χ1) is 8.26. The van der Waals surface area contributed by atoms with E-state index < -0.39 is 6.09 Å². The molecule has 0 bridgehead atoms. The Kier molecular flexibility index (Phi) is 6.95. The van der Waals surface area contributed by atoms with Crippen molar-refractivity contribution in [2.45, 2.75) is 13.3 Å². The summed E-state index contributed by atoms with van der Waals surface area (Å²) >= 11 is 2.09. The maximum absolute atomic E-state index is 11.4. The number of benzene rings is 1. The average molecular weight is 349 g/mol. The lowest BCUT2D eigenvalue weighted by Gasteiger charge is -2.07. The van der Waals surface area contributed by atoms with E-state index >= 15 is 0 Å². The van der Waals surface area contributed by atoms with Gasteiger partial charge in [-0.3, -0.25) is 5.32 Å². The van der Waals surface area contributed by atoms with Gasteiger partial charge in [0.15, 0.2) is 0 Å². The predicted octanol–water partition coefficient (Wildman–Crippen LogP) is 3.21. The summed E-state index contributed by atoms with van der Waals surface area (Å²) in [5.41, 5.74) is 1.93. The van der Waals surface area contributed by atoms with Gasteiger partial charge in [0.25, 0.3) is 0 Å². The highest BCUT2D eigenvalue weighted by Gasteiger charge is 2.02. The summed E-state index contributed by atoms with van der Waals surface area (Å²) in [6, 6.07) is 7.70. The third-order valence-corrected chi connectivity index (χ3v) is 2.56. The maximum atomic E-state index is 11.4. The molecule has 0 atom stereocenters. The highest BCUT2D eigenvalue weighted by molar-refractivity contribution is 14.1. The van der Waals surface area contributed by atoms with Crippen LogP contribution in [0.4, 0.5) is 10.5 Å². The molecule has 0 aromatic heterocycles. The van der Waals surface area contributed by atoms with E-state index in [1.807, 2.05) is 24.3 Å². The highest BCUT2D eigenvalue weighted by Crippen LogP contribution is 2.11. The van der Waals surface area contributed by atoms with Gasteiger partial charge >= 0.3 is 6.09 Å². The molecule has 0 aliphatic carbocycles. The first-order valence-electron chi connectivity index (χ1n) is 5.42. The number of hydrogen-bond acceptors (Lipinski definition) is 3. The zero-order valence-corrected chi connectivity index (χ0v) is 11.9. The fourth-order valence-corrected chi connectivity index (χ4v) is 1.58. The molecule has 0 aliphatic heterocycles. The van der Waals surface area contributed by atoms with Crippen molar-refractivity contribution in [2.75, 3.05) is 23.1 Å². The van der Waals surface area contributed by atoms with Gasteiger partial charge in [-0.2, -0.15) is 0 Å². The van der Waals surface area contributed by atoms with Gasteiger partial charge < -0.3 is 9.47 Å². The van der Waals surface area contributed by atoms with E-state index in [1.54, 1.807) is 0 Å². The topological polar surface area (TPSA) is 47.6 Å². The second-order valence-electron chi connectivity index (χ2n) is 3.33. The summed E-state index contributed by atoms with van der Waals surface area (Å²) in [6.07, 6.45) is 0.490. The van der Waals surface area contributed by atoms with Crippen LogP contribution in [-0.2, 0) is 15.9 Å². The van der Waals surface area contributed by atoms with Crippen LogP contribution in [0.15, 0.2) is 24.3 Å². The molecule has 0 saturated heterocycles. The number of rotatable bonds is 6. The second kappa shape index (κ2) is 8.30. The molecular weight excluding hydrogens is 333 g/mol. The van der Waals surface area contributed by atoms with Crippen LogP contribution in [0, 0.1) is 0 Å². The first kappa shape index (κ1) is 14.2. The minimum absolute atomic E-state index is 0.266. The zero-order valence-electron chi connectivity index (χ0n) is 9.74. The lowest BCUT2D eigenvalue weighted by atomic mass is 10.1. The molecule has 0 radical (unpaired) electrons.